The van der Waals surface area contributed by atoms with Gasteiger partial charge >= 0.3 is 0 Å². The average Bonchev–Trinajstić information content (AvgIpc) is 2.57. The predicted octanol–water partition coefficient (Wildman–Crippen LogP) is 3.55. The Hall–Kier alpha value is -1.86. The number of carbonyl (C=O) groups excluding carboxylic acids is 1. The molecule has 0 aliphatic heterocycles. The lowest BCUT2D eigenvalue weighted by Gasteiger charge is -2.04. The molecule has 8 heteroatoms. The van der Waals surface area contributed by atoms with Crippen LogP contribution in [0.1, 0.15) is 5.56 Å². The zero-order valence-corrected chi connectivity index (χ0v) is 14.9. The van der Waals surface area contributed by atoms with Gasteiger partial charge in [0.05, 0.1) is 14.9 Å². The first-order chi connectivity index (χ1) is 11.3. The third-order valence-corrected chi connectivity index (χ3v) is 5.24. The highest BCUT2D eigenvalue weighted by molar-refractivity contribution is 7.89. The summed E-state index contributed by atoms with van der Waals surface area (Å²) in [5.74, 6) is -0.347. The number of anilines is 1. The van der Waals surface area contributed by atoms with E-state index in [0.29, 0.717) is 21.3 Å². The average molecular weight is 385 g/mol. The lowest BCUT2D eigenvalue weighted by atomic mass is 10.2. The van der Waals surface area contributed by atoms with Gasteiger partial charge in [-0.2, -0.15) is 0 Å². The van der Waals surface area contributed by atoms with Crippen LogP contribution in [0.3, 0.4) is 0 Å². The van der Waals surface area contributed by atoms with Gasteiger partial charge < -0.3 is 5.32 Å². The van der Waals surface area contributed by atoms with Gasteiger partial charge in [-0.05, 0) is 49.0 Å². The van der Waals surface area contributed by atoms with E-state index in [0.717, 1.165) is 0 Å². The van der Waals surface area contributed by atoms with E-state index in [-0.39, 0.29) is 10.8 Å². The lowest BCUT2D eigenvalue weighted by molar-refractivity contribution is -0.111. The zero-order chi connectivity index (χ0) is 17.7. The number of rotatable bonds is 5. The molecule has 0 aliphatic carbocycles. The van der Waals surface area contributed by atoms with Crippen molar-refractivity contribution in [3.8, 4) is 0 Å². The molecule has 0 atom stereocenters. The Morgan fingerprint density at radius 2 is 1.71 bits per heavy atom. The van der Waals surface area contributed by atoms with E-state index in [4.69, 9.17) is 23.2 Å². The Labute approximate surface area is 150 Å². The number of hydrogen-bond donors (Lipinski definition) is 2. The molecule has 0 bridgehead atoms. The van der Waals surface area contributed by atoms with Gasteiger partial charge in [-0.3, -0.25) is 4.79 Å². The fourth-order valence-electron chi connectivity index (χ4n) is 1.81. The maximum atomic E-state index is 11.9. The van der Waals surface area contributed by atoms with Crippen LogP contribution in [0.4, 0.5) is 5.69 Å². The fourth-order valence-corrected chi connectivity index (χ4v) is 2.83. The molecule has 0 fully saturated rings. The first-order valence-electron chi connectivity index (χ1n) is 6.79. The smallest absolute Gasteiger partial charge is 0.248 e. The lowest BCUT2D eigenvalue weighted by Crippen LogP contribution is -2.18. The molecule has 2 aromatic rings. The van der Waals surface area contributed by atoms with E-state index in [2.05, 4.69) is 10.0 Å². The molecule has 0 saturated carbocycles. The first kappa shape index (κ1) is 18.5. The molecule has 0 spiro atoms. The molecule has 0 aromatic heterocycles. The quantitative estimate of drug-likeness (QED) is 0.773. The van der Waals surface area contributed by atoms with Crippen LogP contribution < -0.4 is 10.0 Å². The SMILES string of the molecule is CNS(=O)(=O)c1ccc(/C=C/C(=O)Nc2ccc(Cl)c(Cl)c2)cc1. The van der Waals surface area contributed by atoms with Crippen LogP contribution in [0.5, 0.6) is 0 Å². The first-order valence-corrected chi connectivity index (χ1v) is 9.03. The molecule has 0 unspecified atom stereocenters. The minimum absolute atomic E-state index is 0.155. The van der Waals surface area contributed by atoms with Crippen molar-refractivity contribution in [2.75, 3.05) is 12.4 Å². The second kappa shape index (κ2) is 7.81. The van der Waals surface area contributed by atoms with Crippen molar-refractivity contribution in [2.24, 2.45) is 0 Å². The Morgan fingerprint density at radius 1 is 1.04 bits per heavy atom. The number of sulfonamides is 1. The molecule has 24 heavy (non-hydrogen) atoms. The largest absolute Gasteiger partial charge is 0.322 e. The van der Waals surface area contributed by atoms with Crippen molar-refractivity contribution in [2.45, 2.75) is 4.90 Å². The van der Waals surface area contributed by atoms with E-state index in [1.807, 2.05) is 0 Å². The van der Waals surface area contributed by atoms with Gasteiger partial charge in [-0.25, -0.2) is 13.1 Å². The van der Waals surface area contributed by atoms with Crippen molar-refractivity contribution >= 4 is 50.9 Å². The predicted molar refractivity (Wildman–Crippen MR) is 96.8 cm³/mol. The molecule has 0 aliphatic rings. The second-order valence-electron chi connectivity index (χ2n) is 4.73. The normalized spacial score (nSPS) is 11.6. The Morgan fingerprint density at radius 3 is 2.29 bits per heavy atom. The summed E-state index contributed by atoms with van der Waals surface area (Å²) in [6, 6.07) is 10.9. The summed E-state index contributed by atoms with van der Waals surface area (Å²) in [7, 11) is -2.13. The molecule has 0 heterocycles. The topological polar surface area (TPSA) is 75.3 Å². The van der Waals surface area contributed by atoms with Crippen molar-refractivity contribution in [1.29, 1.82) is 0 Å². The van der Waals surface area contributed by atoms with Crippen LogP contribution in [-0.4, -0.2) is 21.4 Å². The third kappa shape index (κ3) is 4.82. The molecular weight excluding hydrogens is 371 g/mol. The Bertz CT molecular complexity index is 879. The van der Waals surface area contributed by atoms with Crippen LogP contribution in [0.15, 0.2) is 53.4 Å². The molecule has 2 rings (SSSR count). The van der Waals surface area contributed by atoms with E-state index in [1.165, 1.54) is 25.3 Å². The summed E-state index contributed by atoms with van der Waals surface area (Å²) in [6.45, 7) is 0. The summed E-state index contributed by atoms with van der Waals surface area (Å²) in [5.41, 5.74) is 1.21. The minimum atomic E-state index is -3.47. The van der Waals surface area contributed by atoms with Gasteiger partial charge in [-0.15, -0.1) is 0 Å². The molecular formula is C16H14Cl2N2O3S. The molecule has 5 nitrogen and oxygen atoms in total. The fraction of sp³-hybridized carbons (Fsp3) is 0.0625. The van der Waals surface area contributed by atoms with Crippen LogP contribution in [0, 0.1) is 0 Å². The maximum Gasteiger partial charge on any atom is 0.248 e. The van der Waals surface area contributed by atoms with Crippen molar-refractivity contribution in [3.05, 3.63) is 64.1 Å². The molecule has 2 N–H and O–H groups in total. The Kier molecular flexibility index (Phi) is 6.01. The van der Waals surface area contributed by atoms with Crippen LogP contribution in [0.2, 0.25) is 10.0 Å². The van der Waals surface area contributed by atoms with Gasteiger partial charge in [0.2, 0.25) is 15.9 Å². The molecule has 0 radical (unpaired) electrons. The van der Waals surface area contributed by atoms with Crippen molar-refractivity contribution in [1.82, 2.24) is 4.72 Å². The van der Waals surface area contributed by atoms with E-state index < -0.39 is 10.0 Å². The molecule has 126 valence electrons. The molecule has 1 amide bonds. The zero-order valence-electron chi connectivity index (χ0n) is 12.6. The highest BCUT2D eigenvalue weighted by atomic mass is 35.5. The van der Waals surface area contributed by atoms with Crippen LogP contribution in [0.25, 0.3) is 6.08 Å². The second-order valence-corrected chi connectivity index (χ2v) is 7.43. The third-order valence-electron chi connectivity index (χ3n) is 3.07. The summed E-state index contributed by atoms with van der Waals surface area (Å²) < 4.78 is 25.5. The summed E-state index contributed by atoms with van der Waals surface area (Å²) in [4.78, 5) is 12.0. The van der Waals surface area contributed by atoms with Gasteiger partial charge in [-0.1, -0.05) is 35.3 Å². The number of benzene rings is 2. The summed E-state index contributed by atoms with van der Waals surface area (Å²) in [6.07, 6.45) is 2.91. The van der Waals surface area contributed by atoms with Crippen molar-refractivity contribution < 1.29 is 13.2 Å². The van der Waals surface area contributed by atoms with Crippen LogP contribution in [-0.2, 0) is 14.8 Å². The molecule has 0 saturated heterocycles. The standard InChI is InChI=1S/C16H14Cl2N2O3S/c1-19-24(22,23)13-6-2-11(3-7-13)4-9-16(21)20-12-5-8-14(17)15(18)10-12/h2-10,19H,1H3,(H,20,21)/b9-4+. The minimum Gasteiger partial charge on any atom is -0.322 e. The maximum absolute atomic E-state index is 11.9. The summed E-state index contributed by atoms with van der Waals surface area (Å²) >= 11 is 11.7. The van der Waals surface area contributed by atoms with E-state index in [1.54, 1.807) is 36.4 Å². The number of amides is 1. The highest BCUT2D eigenvalue weighted by Crippen LogP contribution is 2.25. The highest BCUT2D eigenvalue weighted by Gasteiger charge is 2.09. The number of nitrogens with one attached hydrogen (secondary N) is 2. The van der Waals surface area contributed by atoms with E-state index >= 15 is 0 Å². The van der Waals surface area contributed by atoms with Crippen molar-refractivity contribution in [3.63, 3.8) is 0 Å². The summed E-state index contributed by atoms with van der Waals surface area (Å²) in [5, 5.41) is 3.40. The number of halogens is 2. The van der Waals surface area contributed by atoms with E-state index in [9.17, 15) is 13.2 Å². The van der Waals surface area contributed by atoms with Gasteiger partial charge in [0.25, 0.3) is 0 Å². The number of hydrogen-bond acceptors (Lipinski definition) is 3. The monoisotopic (exact) mass is 384 g/mol. The van der Waals surface area contributed by atoms with Gasteiger partial charge in [0, 0.05) is 11.8 Å². The van der Waals surface area contributed by atoms with Gasteiger partial charge in [0.1, 0.15) is 0 Å². The number of carbonyl (C=O) groups is 1. The van der Waals surface area contributed by atoms with Gasteiger partial charge in [0.15, 0.2) is 0 Å². The Balaban J connectivity index is 2.04. The van der Waals surface area contributed by atoms with Crippen LogP contribution >= 0.6 is 23.2 Å². The molecule has 2 aromatic carbocycles.